The zero-order valence-corrected chi connectivity index (χ0v) is 26.6. The van der Waals surface area contributed by atoms with Crippen LogP contribution in [0.2, 0.25) is 10.6 Å². The highest BCUT2D eigenvalue weighted by Gasteiger charge is 2.49. The maximum atomic E-state index is 14.9. The fraction of sp³-hybridized carbons (Fsp3) is 0.371. The van der Waals surface area contributed by atoms with E-state index in [0.29, 0.717) is 40.4 Å². The van der Waals surface area contributed by atoms with Crippen molar-refractivity contribution < 1.29 is 23.8 Å². The third kappa shape index (κ3) is 5.29. The Bertz CT molecular complexity index is 1850. The van der Waals surface area contributed by atoms with Crippen LogP contribution >= 0.6 is 11.6 Å². The molecule has 0 aliphatic carbocycles. The number of rotatable bonds is 7. The molecular formula is C35H33ClFN3O4Si. The molecule has 4 aromatic rings. The summed E-state index contributed by atoms with van der Waals surface area (Å²) in [6.45, 7) is 5.42. The molecule has 3 unspecified atom stereocenters. The van der Waals surface area contributed by atoms with Crippen molar-refractivity contribution in [3.05, 3.63) is 99.6 Å². The molecule has 3 saturated heterocycles. The first kappa shape index (κ1) is 28.9. The molecule has 0 bridgehead atoms. The monoisotopic (exact) mass is 641 g/mol. The SMILES string of the molecule is CC1=CC(c2ccc(Cl)cc2F)Oc2c1cccc2C1CCN(Cc2nc3ccc(C(=O)O)cc3n2C2[Si][C@@H]2C2CCO2)CC1. The van der Waals surface area contributed by atoms with E-state index in [9.17, 15) is 14.3 Å². The second kappa shape index (κ2) is 11.4. The summed E-state index contributed by atoms with van der Waals surface area (Å²) in [6, 6.07) is 16.3. The van der Waals surface area contributed by atoms with Gasteiger partial charge in [-0.2, -0.15) is 0 Å². The van der Waals surface area contributed by atoms with Crippen molar-refractivity contribution in [2.45, 2.75) is 62.1 Å². The molecule has 1 aromatic heterocycles. The number of aromatic carboxylic acids is 1. The summed E-state index contributed by atoms with van der Waals surface area (Å²) in [4.78, 5) is 19.3. The minimum atomic E-state index is -0.923. The van der Waals surface area contributed by atoms with E-state index in [1.165, 1.54) is 11.6 Å². The van der Waals surface area contributed by atoms with Gasteiger partial charge in [-0.3, -0.25) is 4.90 Å². The van der Waals surface area contributed by atoms with Crippen LogP contribution in [-0.4, -0.2) is 60.8 Å². The van der Waals surface area contributed by atoms with E-state index < -0.39 is 12.1 Å². The quantitative estimate of drug-likeness (QED) is 0.215. The number of carboxylic acids is 1. The molecule has 5 heterocycles. The summed E-state index contributed by atoms with van der Waals surface area (Å²) in [5.74, 6) is 0.881. The zero-order chi connectivity index (χ0) is 30.8. The largest absolute Gasteiger partial charge is 0.481 e. The Morgan fingerprint density at radius 1 is 1.11 bits per heavy atom. The third-order valence-electron chi connectivity index (χ3n) is 9.79. The second-order valence-corrected chi connectivity index (χ2v) is 14.6. The number of ether oxygens (including phenoxy) is 2. The maximum absolute atomic E-state index is 14.9. The number of hydrogen-bond donors (Lipinski definition) is 1. The van der Waals surface area contributed by atoms with Gasteiger partial charge in [0.05, 0.1) is 38.8 Å². The van der Waals surface area contributed by atoms with E-state index in [1.807, 2.05) is 12.1 Å². The van der Waals surface area contributed by atoms with Crippen molar-refractivity contribution in [2.24, 2.45) is 0 Å². The zero-order valence-electron chi connectivity index (χ0n) is 24.9. The molecule has 2 radical (unpaired) electrons. The number of likely N-dealkylation sites (tertiary alicyclic amines) is 1. The number of aromatic nitrogens is 2. The molecule has 45 heavy (non-hydrogen) atoms. The van der Waals surface area contributed by atoms with Gasteiger partial charge in [0.25, 0.3) is 0 Å². The normalized spacial score (nSPS) is 24.9. The Morgan fingerprint density at radius 2 is 1.93 bits per heavy atom. The number of fused-ring (bicyclic) bond motifs is 2. The predicted octanol–water partition coefficient (Wildman–Crippen LogP) is 7.24. The van der Waals surface area contributed by atoms with Crippen LogP contribution in [0, 0.1) is 5.82 Å². The van der Waals surface area contributed by atoms with Crippen LogP contribution in [0.3, 0.4) is 0 Å². The van der Waals surface area contributed by atoms with Gasteiger partial charge in [-0.1, -0.05) is 35.9 Å². The average molecular weight is 642 g/mol. The Balaban J connectivity index is 1.02. The van der Waals surface area contributed by atoms with Gasteiger partial charge >= 0.3 is 5.97 Å². The van der Waals surface area contributed by atoms with E-state index >= 15 is 0 Å². The van der Waals surface area contributed by atoms with Crippen molar-refractivity contribution in [1.82, 2.24) is 14.5 Å². The lowest BCUT2D eigenvalue weighted by Crippen LogP contribution is -2.33. The third-order valence-corrected chi connectivity index (χ3v) is 11.7. The summed E-state index contributed by atoms with van der Waals surface area (Å²) in [5.41, 5.74) is 6.64. The standard InChI is InChI=1S/C35H33ClFN3O4Si/c1-19-15-30(25-7-6-22(36)17-26(25)37)44-32-23(19)3-2-4-24(32)20-9-12-39(13-10-20)18-31-38-27-8-5-21(35(41)42)16-28(27)40(31)34-33(45-34)29-11-14-43-29/h2-8,15-17,20,29-30,33-34H,9-14,18H2,1H3,(H,41,42)/t29?,30?,33-,34?/m1/s1. The minimum absolute atomic E-state index is 0.288. The topological polar surface area (TPSA) is 76.8 Å². The number of carboxylic acid groups (broad SMARTS) is 1. The highest BCUT2D eigenvalue weighted by atomic mass is 35.5. The average Bonchev–Trinajstić information content (AvgIpc) is 3.67. The van der Waals surface area contributed by atoms with E-state index in [4.69, 9.17) is 26.1 Å². The Kier molecular flexibility index (Phi) is 7.32. The maximum Gasteiger partial charge on any atom is 0.335 e. The number of nitrogens with zero attached hydrogens (tertiary/aromatic N) is 3. The molecule has 4 aliphatic rings. The number of hydrogen-bond acceptors (Lipinski definition) is 5. The lowest BCUT2D eigenvalue weighted by Gasteiger charge is -2.34. The molecule has 10 heteroatoms. The molecule has 230 valence electrons. The number of piperidine rings is 1. The molecule has 4 atom stereocenters. The van der Waals surface area contributed by atoms with Crippen LogP contribution in [0.4, 0.5) is 4.39 Å². The van der Waals surface area contributed by atoms with Crippen LogP contribution in [-0.2, 0) is 11.3 Å². The van der Waals surface area contributed by atoms with Gasteiger partial charge in [-0.15, -0.1) is 0 Å². The molecule has 4 aliphatic heterocycles. The van der Waals surface area contributed by atoms with Crippen molar-refractivity contribution in [3.8, 4) is 5.75 Å². The first-order valence-electron chi connectivity index (χ1n) is 15.6. The molecule has 1 N–H and O–H groups in total. The summed E-state index contributed by atoms with van der Waals surface area (Å²) in [7, 11) is 0.758. The Morgan fingerprint density at radius 3 is 2.67 bits per heavy atom. The van der Waals surface area contributed by atoms with E-state index in [1.54, 1.807) is 24.3 Å². The van der Waals surface area contributed by atoms with Crippen molar-refractivity contribution in [3.63, 3.8) is 0 Å². The first-order valence-corrected chi connectivity index (χ1v) is 17.1. The number of allylic oxidation sites excluding steroid dienone is 1. The van der Waals surface area contributed by atoms with Gasteiger partial charge in [0.15, 0.2) is 0 Å². The molecule has 3 aromatic carbocycles. The Labute approximate surface area is 268 Å². The molecule has 8 rings (SSSR count). The van der Waals surface area contributed by atoms with Crippen LogP contribution in [0.1, 0.15) is 76.7 Å². The van der Waals surface area contributed by atoms with Gasteiger partial charge in [-0.05, 0) is 98.3 Å². The molecule has 7 nitrogen and oxygen atoms in total. The Hall–Kier alpha value is -3.50. The van der Waals surface area contributed by atoms with Crippen LogP contribution in [0.25, 0.3) is 16.6 Å². The van der Waals surface area contributed by atoms with Gasteiger partial charge in [-0.25, -0.2) is 14.2 Å². The summed E-state index contributed by atoms with van der Waals surface area (Å²) < 4.78 is 29.5. The number of benzene rings is 3. The smallest absolute Gasteiger partial charge is 0.335 e. The molecule has 0 amide bonds. The lowest BCUT2D eigenvalue weighted by atomic mass is 9.85. The predicted molar refractivity (Wildman–Crippen MR) is 172 cm³/mol. The van der Waals surface area contributed by atoms with Crippen molar-refractivity contribution in [2.75, 3.05) is 19.7 Å². The fourth-order valence-electron chi connectivity index (χ4n) is 7.21. The van der Waals surface area contributed by atoms with Gasteiger partial charge in [0.1, 0.15) is 23.5 Å². The van der Waals surface area contributed by atoms with Crippen LogP contribution in [0.5, 0.6) is 5.75 Å². The van der Waals surface area contributed by atoms with E-state index in [0.717, 1.165) is 82.2 Å². The van der Waals surface area contributed by atoms with Crippen molar-refractivity contribution >= 4 is 43.7 Å². The highest BCUT2D eigenvalue weighted by Crippen LogP contribution is 2.49. The summed E-state index contributed by atoms with van der Waals surface area (Å²) in [5, 5.41) is 10.0. The van der Waals surface area contributed by atoms with Gasteiger partial charge < -0.3 is 19.1 Å². The van der Waals surface area contributed by atoms with Crippen LogP contribution < -0.4 is 4.74 Å². The second-order valence-electron chi connectivity index (χ2n) is 12.6. The lowest BCUT2D eigenvalue weighted by molar-refractivity contribution is -0.0494. The molecule has 0 spiro atoms. The van der Waals surface area contributed by atoms with Crippen LogP contribution in [0.15, 0.2) is 60.7 Å². The first-order chi connectivity index (χ1) is 21.8. The molecular weight excluding hydrogens is 609 g/mol. The molecule has 0 saturated carbocycles. The van der Waals surface area contributed by atoms with Crippen molar-refractivity contribution in [1.29, 1.82) is 0 Å². The number of para-hydroxylation sites is 1. The van der Waals surface area contributed by atoms with E-state index in [-0.39, 0.29) is 11.4 Å². The summed E-state index contributed by atoms with van der Waals surface area (Å²) in [6.07, 6.45) is 4.81. The fourth-order valence-corrected chi connectivity index (χ4v) is 8.93. The van der Waals surface area contributed by atoms with E-state index in [2.05, 4.69) is 34.6 Å². The van der Waals surface area contributed by atoms with Gasteiger partial charge in [0.2, 0.25) is 0 Å². The summed E-state index contributed by atoms with van der Waals surface area (Å²) >= 11 is 6.02. The highest BCUT2D eigenvalue weighted by molar-refractivity contribution is 6.53. The number of carbonyl (C=O) groups is 1. The molecule has 3 fully saturated rings. The number of imidazole rings is 1. The minimum Gasteiger partial charge on any atom is -0.481 e. The number of halogens is 2. The van der Waals surface area contributed by atoms with Gasteiger partial charge in [0, 0.05) is 28.4 Å².